The van der Waals surface area contributed by atoms with Crippen LogP contribution in [0.15, 0.2) is 48.7 Å². The van der Waals surface area contributed by atoms with E-state index in [9.17, 15) is 9.18 Å². The van der Waals surface area contributed by atoms with Crippen molar-refractivity contribution in [1.82, 2.24) is 15.1 Å². The predicted octanol–water partition coefficient (Wildman–Crippen LogP) is 3.37. The molecule has 1 fully saturated rings. The molecule has 2 aliphatic heterocycles. The Balaban J connectivity index is 1.53. The normalized spacial score (nSPS) is 16.5. The molecule has 1 saturated heterocycles. The van der Waals surface area contributed by atoms with Gasteiger partial charge in [-0.25, -0.2) is 13.6 Å². The highest BCUT2D eigenvalue weighted by molar-refractivity contribution is 5.76. The fraction of sp³-hybridized carbons (Fsp3) is 0.190. The maximum atomic E-state index is 15.2. The van der Waals surface area contributed by atoms with Crippen molar-refractivity contribution in [1.29, 1.82) is 0 Å². The molecular weight excluding hydrogens is 410 g/mol. The van der Waals surface area contributed by atoms with Gasteiger partial charge in [0.1, 0.15) is 22.9 Å². The number of amides is 1. The van der Waals surface area contributed by atoms with Gasteiger partial charge in [-0.1, -0.05) is 12.1 Å². The number of nitrogens with two attached hydrogens (primary N) is 1. The van der Waals surface area contributed by atoms with Crippen LogP contribution in [0.1, 0.15) is 11.1 Å². The van der Waals surface area contributed by atoms with Crippen molar-refractivity contribution in [3.8, 4) is 17.4 Å². The number of carbonyl (C=O) groups excluding carboxylic acids is 1. The van der Waals surface area contributed by atoms with Crippen LogP contribution in [0.4, 0.5) is 19.3 Å². The minimum Gasteiger partial charge on any atom is -0.437 e. The number of hydrogen-bond acceptors (Lipinski definition) is 7. The summed E-state index contributed by atoms with van der Waals surface area (Å²) in [6.07, 6.45) is 0.717. The third-order valence-corrected chi connectivity index (χ3v) is 5.32. The van der Waals surface area contributed by atoms with E-state index >= 15 is 4.39 Å². The first-order valence-corrected chi connectivity index (χ1v) is 9.37. The lowest BCUT2D eigenvalue weighted by molar-refractivity contribution is -0.145. The molecule has 0 saturated carbocycles. The van der Waals surface area contributed by atoms with E-state index in [2.05, 4.69) is 10.2 Å². The molecule has 0 bridgehead atoms. The quantitative estimate of drug-likeness (QED) is 0.639. The number of carbonyl (C=O) groups is 1. The summed E-state index contributed by atoms with van der Waals surface area (Å²) in [6.45, 7) is -0.0730. The predicted molar refractivity (Wildman–Crippen MR) is 103 cm³/mol. The Morgan fingerprint density at radius 2 is 2.03 bits per heavy atom. The van der Waals surface area contributed by atoms with Gasteiger partial charge in [-0.05, 0) is 12.1 Å². The van der Waals surface area contributed by atoms with Crippen molar-refractivity contribution in [2.75, 3.05) is 18.9 Å². The molecule has 10 heteroatoms. The number of rotatable bonds is 4. The highest BCUT2D eigenvalue weighted by Gasteiger charge is 2.55. The first-order chi connectivity index (χ1) is 15.0. The number of halogens is 2. The first-order valence-electron chi connectivity index (χ1n) is 9.37. The van der Waals surface area contributed by atoms with Crippen molar-refractivity contribution in [2.24, 2.45) is 0 Å². The standard InChI is InChI=1S/C21H16F2N4O4/c22-14-7-13(30-17-5-2-6-25-26-17)8-16-18(14)21(10-29-11-21)27(20(28)31-16)9-12-3-1-4-15(24)19(12)23/h1-8H,9-11,24H2. The van der Waals surface area contributed by atoms with Gasteiger partial charge in [-0.3, -0.25) is 4.90 Å². The van der Waals surface area contributed by atoms with E-state index < -0.39 is 23.3 Å². The average molecular weight is 426 g/mol. The molecule has 0 unspecified atom stereocenters. The molecule has 31 heavy (non-hydrogen) atoms. The van der Waals surface area contributed by atoms with Crippen LogP contribution in [0.3, 0.4) is 0 Å². The molecule has 158 valence electrons. The SMILES string of the molecule is Nc1cccc(CN2C(=O)Oc3cc(Oc4cccnn4)cc(F)c3C23COC3)c1F. The molecule has 0 radical (unpaired) electrons. The second-order valence-electron chi connectivity index (χ2n) is 7.24. The molecule has 1 spiro atoms. The van der Waals surface area contributed by atoms with Gasteiger partial charge in [0.05, 0.1) is 31.0 Å². The molecule has 0 atom stereocenters. The zero-order chi connectivity index (χ0) is 21.6. The highest BCUT2D eigenvalue weighted by Crippen LogP contribution is 2.48. The Morgan fingerprint density at radius 3 is 2.74 bits per heavy atom. The van der Waals surface area contributed by atoms with Gasteiger partial charge < -0.3 is 19.9 Å². The molecule has 1 amide bonds. The van der Waals surface area contributed by atoms with E-state index in [1.54, 1.807) is 18.2 Å². The second kappa shape index (κ2) is 7.17. The van der Waals surface area contributed by atoms with Gasteiger partial charge in [0.25, 0.3) is 0 Å². The third kappa shape index (κ3) is 3.12. The van der Waals surface area contributed by atoms with Crippen molar-refractivity contribution >= 4 is 11.8 Å². The maximum absolute atomic E-state index is 15.2. The molecule has 0 aliphatic carbocycles. The van der Waals surface area contributed by atoms with E-state index in [0.29, 0.717) is 0 Å². The van der Waals surface area contributed by atoms with Gasteiger partial charge in [0.15, 0.2) is 5.82 Å². The van der Waals surface area contributed by atoms with Crippen LogP contribution >= 0.6 is 0 Å². The van der Waals surface area contributed by atoms with E-state index in [1.807, 2.05) is 0 Å². The molecule has 3 aromatic rings. The van der Waals surface area contributed by atoms with Crippen LogP contribution in [0.25, 0.3) is 0 Å². The van der Waals surface area contributed by atoms with Crippen LogP contribution in [0.2, 0.25) is 0 Å². The molecule has 2 aliphatic rings. The largest absolute Gasteiger partial charge is 0.437 e. The number of hydrogen-bond donors (Lipinski definition) is 1. The topological polar surface area (TPSA) is 99.8 Å². The Labute approximate surface area is 175 Å². The summed E-state index contributed by atoms with van der Waals surface area (Å²) in [5, 5.41) is 7.48. The minimum absolute atomic E-state index is 0.0106. The Bertz CT molecular complexity index is 1170. The molecule has 1 aromatic heterocycles. The zero-order valence-corrected chi connectivity index (χ0v) is 16.0. The Morgan fingerprint density at radius 1 is 1.19 bits per heavy atom. The molecule has 8 nitrogen and oxygen atoms in total. The summed E-state index contributed by atoms with van der Waals surface area (Å²) in [4.78, 5) is 14.1. The lowest BCUT2D eigenvalue weighted by atomic mass is 9.83. The molecule has 2 N–H and O–H groups in total. The van der Waals surface area contributed by atoms with E-state index in [1.165, 1.54) is 35.4 Å². The lowest BCUT2D eigenvalue weighted by Gasteiger charge is -2.51. The number of nitrogens with zero attached hydrogens (tertiary/aromatic N) is 3. The van der Waals surface area contributed by atoms with Gasteiger partial charge in [0, 0.05) is 30.0 Å². The summed E-state index contributed by atoms with van der Waals surface area (Å²) in [7, 11) is 0. The fourth-order valence-corrected chi connectivity index (χ4v) is 3.77. The summed E-state index contributed by atoms with van der Waals surface area (Å²) in [5.41, 5.74) is 4.80. The van der Waals surface area contributed by atoms with E-state index in [-0.39, 0.29) is 54.0 Å². The molecule has 2 aromatic carbocycles. The molecule has 5 rings (SSSR count). The van der Waals surface area contributed by atoms with Crippen LogP contribution in [0.5, 0.6) is 17.4 Å². The summed E-state index contributed by atoms with van der Waals surface area (Å²) in [5.74, 6) is -1.02. The summed E-state index contributed by atoms with van der Waals surface area (Å²) in [6, 6.07) is 10.3. The van der Waals surface area contributed by atoms with Crippen molar-refractivity contribution in [3.63, 3.8) is 0 Å². The van der Waals surface area contributed by atoms with E-state index in [4.69, 9.17) is 19.9 Å². The average Bonchev–Trinajstić information content (AvgIpc) is 2.71. The van der Waals surface area contributed by atoms with Crippen molar-refractivity contribution in [3.05, 3.63) is 71.4 Å². The number of fused-ring (bicyclic) bond motifs is 2. The number of nitrogen functional groups attached to an aromatic ring is 1. The fourth-order valence-electron chi connectivity index (χ4n) is 3.77. The van der Waals surface area contributed by atoms with Crippen LogP contribution in [-0.2, 0) is 16.8 Å². The minimum atomic E-state index is -1.13. The first kappa shape index (κ1) is 19.2. The number of anilines is 1. The smallest absolute Gasteiger partial charge is 0.416 e. The lowest BCUT2D eigenvalue weighted by Crippen LogP contribution is -2.64. The third-order valence-electron chi connectivity index (χ3n) is 5.32. The van der Waals surface area contributed by atoms with Crippen molar-refractivity contribution < 1.29 is 27.8 Å². The number of benzene rings is 2. The summed E-state index contributed by atoms with van der Waals surface area (Å²) >= 11 is 0. The number of aromatic nitrogens is 2. The van der Waals surface area contributed by atoms with Gasteiger partial charge in [-0.2, -0.15) is 5.10 Å². The van der Waals surface area contributed by atoms with Gasteiger partial charge in [0.2, 0.25) is 5.88 Å². The zero-order valence-electron chi connectivity index (χ0n) is 16.0. The van der Waals surface area contributed by atoms with Crippen LogP contribution in [0, 0.1) is 11.6 Å². The van der Waals surface area contributed by atoms with Gasteiger partial charge >= 0.3 is 6.09 Å². The molecule has 3 heterocycles. The molecular formula is C21H16F2N4O4. The van der Waals surface area contributed by atoms with E-state index in [0.717, 1.165) is 0 Å². The second-order valence-corrected chi connectivity index (χ2v) is 7.24. The summed E-state index contributed by atoms with van der Waals surface area (Å²) < 4.78 is 46.0. The maximum Gasteiger partial charge on any atom is 0.416 e. The van der Waals surface area contributed by atoms with Gasteiger partial charge in [-0.15, -0.1) is 5.10 Å². The Hall–Kier alpha value is -3.79. The Kier molecular flexibility index (Phi) is 4.44. The monoisotopic (exact) mass is 426 g/mol. The van der Waals surface area contributed by atoms with Crippen molar-refractivity contribution in [2.45, 2.75) is 12.1 Å². The van der Waals surface area contributed by atoms with Crippen LogP contribution in [-0.4, -0.2) is 34.4 Å². The number of ether oxygens (including phenoxy) is 3. The van der Waals surface area contributed by atoms with Crippen LogP contribution < -0.4 is 15.2 Å². The highest BCUT2D eigenvalue weighted by atomic mass is 19.1.